The number of nitrogens with zero attached hydrogens (tertiary/aromatic N) is 3. The molecule has 1 amide bonds. The molecule has 3 heterocycles. The summed E-state index contributed by atoms with van der Waals surface area (Å²) < 4.78 is 19.9. The van der Waals surface area contributed by atoms with Crippen LogP contribution in [0.25, 0.3) is 0 Å². The number of morpholine rings is 1. The van der Waals surface area contributed by atoms with E-state index in [4.69, 9.17) is 4.74 Å². The molecule has 1 N–H and O–H groups in total. The standard InChI is InChI=1S/C23H23FN4O2/c1-25-22-14-17(9-10-26-22)23(29)28-11-12-30-21(15-28)20-8-4-6-18(27-20)13-16-5-2-3-7-19(16)24/h2-10,14,21H,11-13,15H2,1H3,(H,25,26). The maximum Gasteiger partial charge on any atom is 0.254 e. The van der Waals surface area contributed by atoms with Crippen LogP contribution in [0.3, 0.4) is 0 Å². The van der Waals surface area contributed by atoms with Gasteiger partial charge in [-0.15, -0.1) is 0 Å². The number of amides is 1. The topological polar surface area (TPSA) is 67.4 Å². The molecule has 1 aromatic carbocycles. The third-order valence-electron chi connectivity index (χ3n) is 5.10. The minimum absolute atomic E-state index is 0.0651. The number of carbonyl (C=O) groups is 1. The van der Waals surface area contributed by atoms with Gasteiger partial charge >= 0.3 is 0 Å². The summed E-state index contributed by atoms with van der Waals surface area (Å²) in [6.07, 6.45) is 1.69. The largest absolute Gasteiger partial charge is 0.373 e. The predicted molar refractivity (Wildman–Crippen MR) is 112 cm³/mol. The average molecular weight is 406 g/mol. The molecule has 154 valence electrons. The normalized spacial score (nSPS) is 16.3. The van der Waals surface area contributed by atoms with Gasteiger partial charge < -0.3 is 15.0 Å². The lowest BCUT2D eigenvalue weighted by Crippen LogP contribution is -2.42. The number of pyridine rings is 2. The van der Waals surface area contributed by atoms with Gasteiger partial charge in [0, 0.05) is 37.5 Å². The molecule has 1 aliphatic heterocycles. The molecule has 4 rings (SSSR count). The maximum absolute atomic E-state index is 14.0. The SMILES string of the molecule is CNc1cc(C(=O)N2CCOC(c3cccc(Cc4ccccc4F)n3)C2)ccn1. The number of carbonyl (C=O) groups excluding carboxylic acids is 1. The quantitative estimate of drug-likeness (QED) is 0.703. The summed E-state index contributed by atoms with van der Waals surface area (Å²) in [7, 11) is 1.77. The second kappa shape index (κ2) is 9.00. The molecule has 1 unspecified atom stereocenters. The molecule has 30 heavy (non-hydrogen) atoms. The van der Waals surface area contributed by atoms with Crippen molar-refractivity contribution in [1.82, 2.24) is 14.9 Å². The molecule has 0 bridgehead atoms. The van der Waals surface area contributed by atoms with E-state index in [2.05, 4.69) is 15.3 Å². The van der Waals surface area contributed by atoms with E-state index in [-0.39, 0.29) is 17.8 Å². The zero-order chi connectivity index (χ0) is 20.9. The molecule has 0 spiro atoms. The summed E-state index contributed by atoms with van der Waals surface area (Å²) in [5, 5.41) is 2.95. The minimum atomic E-state index is -0.325. The van der Waals surface area contributed by atoms with Crippen molar-refractivity contribution in [3.8, 4) is 0 Å². The van der Waals surface area contributed by atoms with Crippen molar-refractivity contribution in [2.45, 2.75) is 12.5 Å². The van der Waals surface area contributed by atoms with Gasteiger partial charge in [0.1, 0.15) is 17.7 Å². The molecule has 1 saturated heterocycles. The van der Waals surface area contributed by atoms with Gasteiger partial charge in [0.15, 0.2) is 0 Å². The zero-order valence-corrected chi connectivity index (χ0v) is 16.7. The molecule has 1 atom stereocenters. The van der Waals surface area contributed by atoms with Crippen molar-refractivity contribution in [2.75, 3.05) is 32.1 Å². The van der Waals surface area contributed by atoms with E-state index < -0.39 is 0 Å². The highest BCUT2D eigenvalue weighted by atomic mass is 19.1. The number of ether oxygens (including phenoxy) is 1. The summed E-state index contributed by atoms with van der Waals surface area (Å²) >= 11 is 0. The van der Waals surface area contributed by atoms with E-state index in [0.717, 1.165) is 11.4 Å². The average Bonchev–Trinajstić information content (AvgIpc) is 2.80. The molecule has 7 heteroatoms. The van der Waals surface area contributed by atoms with Crippen LogP contribution in [0.15, 0.2) is 60.8 Å². The fourth-order valence-electron chi connectivity index (χ4n) is 3.51. The molecule has 0 radical (unpaired) electrons. The van der Waals surface area contributed by atoms with E-state index >= 15 is 0 Å². The van der Waals surface area contributed by atoms with Gasteiger partial charge in [-0.3, -0.25) is 9.78 Å². The zero-order valence-electron chi connectivity index (χ0n) is 16.7. The Bertz CT molecular complexity index is 1040. The summed E-state index contributed by atoms with van der Waals surface area (Å²) in [6, 6.07) is 15.8. The molecule has 1 aliphatic rings. The maximum atomic E-state index is 14.0. The van der Waals surface area contributed by atoms with Crippen molar-refractivity contribution in [2.24, 2.45) is 0 Å². The first kappa shape index (κ1) is 20.0. The van der Waals surface area contributed by atoms with Gasteiger partial charge in [0.25, 0.3) is 5.91 Å². The fourth-order valence-corrected chi connectivity index (χ4v) is 3.51. The van der Waals surface area contributed by atoms with Crippen LogP contribution in [0.2, 0.25) is 0 Å². The minimum Gasteiger partial charge on any atom is -0.373 e. The molecule has 6 nitrogen and oxygen atoms in total. The van der Waals surface area contributed by atoms with E-state index in [1.165, 1.54) is 6.07 Å². The summed E-state index contributed by atoms with van der Waals surface area (Å²) in [4.78, 5) is 23.5. The first-order valence-electron chi connectivity index (χ1n) is 9.88. The Labute approximate surface area is 174 Å². The second-order valence-corrected chi connectivity index (χ2v) is 7.11. The third-order valence-corrected chi connectivity index (χ3v) is 5.10. The number of hydrogen-bond acceptors (Lipinski definition) is 5. The number of rotatable bonds is 5. The third kappa shape index (κ3) is 4.46. The lowest BCUT2D eigenvalue weighted by atomic mass is 10.1. The molecule has 0 saturated carbocycles. The number of anilines is 1. The smallest absolute Gasteiger partial charge is 0.254 e. The van der Waals surface area contributed by atoms with Crippen molar-refractivity contribution < 1.29 is 13.9 Å². The summed E-state index contributed by atoms with van der Waals surface area (Å²) in [5.41, 5.74) is 2.68. The number of benzene rings is 1. The van der Waals surface area contributed by atoms with Crippen LogP contribution >= 0.6 is 0 Å². The lowest BCUT2D eigenvalue weighted by molar-refractivity contribution is -0.0247. The van der Waals surface area contributed by atoms with Crippen LogP contribution in [0.1, 0.15) is 33.4 Å². The van der Waals surface area contributed by atoms with Gasteiger partial charge in [0.05, 0.1) is 18.8 Å². The van der Waals surface area contributed by atoms with E-state index in [1.807, 2.05) is 24.3 Å². The number of aromatic nitrogens is 2. The van der Waals surface area contributed by atoms with E-state index in [1.54, 1.807) is 42.4 Å². The Morgan fingerprint density at radius 1 is 1.23 bits per heavy atom. The van der Waals surface area contributed by atoms with E-state index in [0.29, 0.717) is 43.1 Å². The highest BCUT2D eigenvalue weighted by Gasteiger charge is 2.27. The molecule has 3 aromatic rings. The van der Waals surface area contributed by atoms with Crippen LogP contribution in [0.4, 0.5) is 10.2 Å². The van der Waals surface area contributed by atoms with Crippen LogP contribution in [0, 0.1) is 5.82 Å². The van der Waals surface area contributed by atoms with Gasteiger partial charge in [-0.05, 0) is 35.9 Å². The second-order valence-electron chi connectivity index (χ2n) is 7.11. The van der Waals surface area contributed by atoms with Crippen LogP contribution in [0.5, 0.6) is 0 Å². The van der Waals surface area contributed by atoms with Gasteiger partial charge in [-0.1, -0.05) is 24.3 Å². The van der Waals surface area contributed by atoms with Crippen molar-refractivity contribution in [3.63, 3.8) is 0 Å². The number of hydrogen-bond donors (Lipinski definition) is 1. The van der Waals surface area contributed by atoms with Crippen molar-refractivity contribution in [3.05, 3.63) is 89.1 Å². The van der Waals surface area contributed by atoms with Gasteiger partial charge in [0.2, 0.25) is 0 Å². The molecule has 2 aromatic heterocycles. The molecule has 0 aliphatic carbocycles. The number of halogens is 1. The Hall–Kier alpha value is -3.32. The number of nitrogens with one attached hydrogen (secondary N) is 1. The van der Waals surface area contributed by atoms with Crippen molar-refractivity contribution >= 4 is 11.7 Å². The van der Waals surface area contributed by atoms with Crippen LogP contribution in [-0.4, -0.2) is 47.5 Å². The molecular formula is C23H23FN4O2. The monoisotopic (exact) mass is 406 g/mol. The Balaban J connectivity index is 1.49. The Kier molecular flexibility index (Phi) is 5.99. The highest BCUT2D eigenvalue weighted by Crippen LogP contribution is 2.23. The summed E-state index contributed by atoms with van der Waals surface area (Å²) in [6.45, 7) is 1.35. The predicted octanol–water partition coefficient (Wildman–Crippen LogP) is 3.46. The molecular weight excluding hydrogens is 383 g/mol. The molecule has 1 fully saturated rings. The lowest BCUT2D eigenvalue weighted by Gasteiger charge is -2.33. The highest BCUT2D eigenvalue weighted by molar-refractivity contribution is 5.94. The fraction of sp³-hybridized carbons (Fsp3) is 0.261. The van der Waals surface area contributed by atoms with E-state index in [9.17, 15) is 9.18 Å². The van der Waals surface area contributed by atoms with Gasteiger partial charge in [-0.25, -0.2) is 9.37 Å². The Morgan fingerprint density at radius 2 is 2.10 bits per heavy atom. The van der Waals surface area contributed by atoms with Crippen LogP contribution in [-0.2, 0) is 11.2 Å². The summed E-state index contributed by atoms with van der Waals surface area (Å²) in [5.74, 6) is 0.339. The first-order chi connectivity index (χ1) is 14.6. The van der Waals surface area contributed by atoms with Gasteiger partial charge in [-0.2, -0.15) is 0 Å². The van der Waals surface area contributed by atoms with Crippen LogP contribution < -0.4 is 5.32 Å². The first-order valence-corrected chi connectivity index (χ1v) is 9.88. The van der Waals surface area contributed by atoms with Crippen molar-refractivity contribution in [1.29, 1.82) is 0 Å². The Morgan fingerprint density at radius 3 is 2.93 bits per heavy atom.